The number of fused-ring (bicyclic) bond motifs is 1. The Balaban J connectivity index is 1.06. The lowest BCUT2D eigenvalue weighted by atomic mass is 9.50. The fourth-order valence-corrected chi connectivity index (χ4v) is 6.12. The van der Waals surface area contributed by atoms with Gasteiger partial charge in [-0.05, 0) is 51.0 Å². The van der Waals surface area contributed by atoms with Crippen LogP contribution in [0.15, 0.2) is 43.0 Å². The molecule has 4 aliphatic rings. The van der Waals surface area contributed by atoms with E-state index in [-0.39, 0.29) is 5.54 Å². The predicted molar refractivity (Wildman–Crippen MR) is 133 cm³/mol. The van der Waals surface area contributed by atoms with Crippen LogP contribution in [0.1, 0.15) is 49.4 Å². The number of carbonyl (C=O) groups excluding carboxylic acids is 1. The highest BCUT2D eigenvalue weighted by Crippen LogP contribution is 2.57. The summed E-state index contributed by atoms with van der Waals surface area (Å²) in [6, 6.07) is 5.64. The maximum atomic E-state index is 15.3. The number of anilines is 2. The predicted octanol–water partition coefficient (Wildman–Crippen LogP) is 4.43. The zero-order chi connectivity index (χ0) is 25.1. The molecule has 0 aromatic carbocycles. The Labute approximate surface area is 212 Å². The van der Waals surface area contributed by atoms with Crippen LogP contribution in [0.3, 0.4) is 0 Å². The molecule has 4 saturated carbocycles. The zero-order valence-corrected chi connectivity index (χ0v) is 20.3. The number of rotatable bonds is 6. The van der Waals surface area contributed by atoms with Crippen molar-refractivity contribution in [3.8, 4) is 11.1 Å². The standard InChI is InChI=1S/C26H27FN8O2/c1-14-21(16-3-2-6-28-13-16)23-29-7-8-35(23)24(30-14)31-20-9-18(33-34-20)17-4-5-19(22(17)27)37-25(36)32-26-10-15(11-26)12-26/h2-3,6-9,13,15,17,19,22H,4-5,10-12H2,1H3,(H,32,36)(H2,30,31,33,34)/t15?,17-,19-,22+,26?/m0/s1. The van der Waals surface area contributed by atoms with Crippen LogP contribution in [0.4, 0.5) is 21.0 Å². The van der Waals surface area contributed by atoms with Gasteiger partial charge in [-0.15, -0.1) is 0 Å². The second kappa shape index (κ2) is 8.25. The van der Waals surface area contributed by atoms with Crippen molar-refractivity contribution in [1.82, 2.24) is 34.9 Å². The summed E-state index contributed by atoms with van der Waals surface area (Å²) in [4.78, 5) is 25.8. The van der Waals surface area contributed by atoms with Crippen molar-refractivity contribution in [3.63, 3.8) is 0 Å². The molecule has 0 saturated heterocycles. The van der Waals surface area contributed by atoms with Gasteiger partial charge in [0.05, 0.1) is 5.69 Å². The molecule has 8 rings (SSSR count). The number of alkyl halides is 1. The Morgan fingerprint density at radius 3 is 2.89 bits per heavy atom. The summed E-state index contributed by atoms with van der Waals surface area (Å²) < 4.78 is 22.6. The number of hydrogen-bond donors (Lipinski definition) is 3. The van der Waals surface area contributed by atoms with Crippen LogP contribution in [-0.2, 0) is 4.74 Å². The molecule has 1 amide bonds. The second-order valence-corrected chi connectivity index (χ2v) is 10.5. The number of alkyl carbamates (subject to hydrolysis) is 1. The number of nitrogens with one attached hydrogen (secondary N) is 3. The normalized spacial score (nSPS) is 27.9. The molecule has 0 spiro atoms. The number of aryl methyl sites for hydroxylation is 1. The van der Waals surface area contributed by atoms with E-state index in [9.17, 15) is 4.79 Å². The van der Waals surface area contributed by atoms with Gasteiger partial charge in [0, 0.05) is 59.1 Å². The van der Waals surface area contributed by atoms with Gasteiger partial charge in [0.1, 0.15) is 17.9 Å². The molecule has 10 nitrogen and oxygen atoms in total. The molecule has 0 aliphatic heterocycles. The number of aromatic nitrogens is 6. The molecule has 4 aliphatic carbocycles. The van der Waals surface area contributed by atoms with Gasteiger partial charge in [-0.1, -0.05) is 6.07 Å². The third-order valence-corrected chi connectivity index (χ3v) is 8.08. The molecule has 11 heteroatoms. The topological polar surface area (TPSA) is 122 Å². The van der Waals surface area contributed by atoms with Crippen LogP contribution in [0.25, 0.3) is 16.8 Å². The minimum absolute atomic E-state index is 0.0846. The first kappa shape index (κ1) is 22.2. The van der Waals surface area contributed by atoms with E-state index in [4.69, 9.17) is 9.72 Å². The van der Waals surface area contributed by atoms with Crippen LogP contribution < -0.4 is 10.6 Å². The van der Waals surface area contributed by atoms with Crippen molar-refractivity contribution in [2.75, 3.05) is 5.32 Å². The van der Waals surface area contributed by atoms with E-state index in [1.165, 1.54) is 0 Å². The fraction of sp³-hybridized carbons (Fsp3) is 0.423. The number of halogens is 1. The van der Waals surface area contributed by atoms with Crippen molar-refractivity contribution in [2.24, 2.45) is 5.92 Å². The van der Waals surface area contributed by atoms with Crippen molar-refractivity contribution >= 4 is 23.5 Å². The molecule has 2 bridgehead atoms. The number of ether oxygens (including phenoxy) is 1. The number of nitrogens with zero attached hydrogens (tertiary/aromatic N) is 5. The Morgan fingerprint density at radius 1 is 1.27 bits per heavy atom. The Kier molecular flexibility index (Phi) is 4.95. The molecular formula is C26H27FN8O2. The third-order valence-electron chi connectivity index (χ3n) is 8.08. The summed E-state index contributed by atoms with van der Waals surface area (Å²) in [5.41, 5.74) is 3.95. The maximum Gasteiger partial charge on any atom is 0.407 e. The van der Waals surface area contributed by atoms with Gasteiger partial charge in [-0.3, -0.25) is 14.5 Å². The highest BCUT2D eigenvalue weighted by Gasteiger charge is 2.58. The van der Waals surface area contributed by atoms with Crippen LogP contribution in [0.5, 0.6) is 0 Å². The Bertz CT molecular complexity index is 1470. The number of aromatic amines is 1. The number of hydrogen-bond acceptors (Lipinski definition) is 7. The lowest BCUT2D eigenvalue weighted by molar-refractivity contribution is -0.0532. The number of carbonyl (C=O) groups is 1. The van der Waals surface area contributed by atoms with Crippen molar-refractivity contribution < 1.29 is 13.9 Å². The molecule has 3 atom stereocenters. The fourth-order valence-electron chi connectivity index (χ4n) is 6.12. The molecule has 3 N–H and O–H groups in total. The molecule has 0 radical (unpaired) electrons. The number of pyridine rings is 1. The smallest absolute Gasteiger partial charge is 0.407 e. The van der Waals surface area contributed by atoms with Crippen LogP contribution in [0, 0.1) is 12.8 Å². The molecule has 4 fully saturated rings. The average molecular weight is 503 g/mol. The van der Waals surface area contributed by atoms with Gasteiger partial charge in [0.2, 0.25) is 5.95 Å². The van der Waals surface area contributed by atoms with E-state index in [1.807, 2.05) is 29.7 Å². The molecule has 0 unspecified atom stereocenters. The lowest BCUT2D eigenvalue weighted by Crippen LogP contribution is -2.68. The van der Waals surface area contributed by atoms with E-state index in [1.54, 1.807) is 24.7 Å². The molecule has 37 heavy (non-hydrogen) atoms. The van der Waals surface area contributed by atoms with E-state index < -0.39 is 24.3 Å². The largest absolute Gasteiger partial charge is 0.443 e. The quantitative estimate of drug-likeness (QED) is 0.357. The molecule has 4 heterocycles. The van der Waals surface area contributed by atoms with E-state index in [2.05, 4.69) is 30.8 Å². The second-order valence-electron chi connectivity index (χ2n) is 10.5. The monoisotopic (exact) mass is 502 g/mol. The average Bonchev–Trinajstić information content (AvgIpc) is 3.58. The maximum absolute atomic E-state index is 15.3. The SMILES string of the molecule is Cc1nc(Nc2cc([C@@H]3CC[C@H](OC(=O)NC45CC(C4)C5)[C@@H]3F)[nH]n2)n2ccnc2c1-c1cccnc1. The summed E-state index contributed by atoms with van der Waals surface area (Å²) in [5.74, 6) is 1.39. The van der Waals surface area contributed by atoms with Gasteiger partial charge in [0.25, 0.3) is 0 Å². The van der Waals surface area contributed by atoms with Crippen LogP contribution >= 0.6 is 0 Å². The van der Waals surface area contributed by atoms with E-state index >= 15 is 4.39 Å². The third kappa shape index (κ3) is 3.71. The summed E-state index contributed by atoms with van der Waals surface area (Å²) in [6.07, 6.45) is 8.60. The minimum atomic E-state index is -1.30. The van der Waals surface area contributed by atoms with E-state index in [0.717, 1.165) is 47.6 Å². The van der Waals surface area contributed by atoms with Gasteiger partial charge >= 0.3 is 6.09 Å². The summed E-state index contributed by atoms with van der Waals surface area (Å²) >= 11 is 0. The van der Waals surface area contributed by atoms with Crippen molar-refractivity contribution in [1.29, 1.82) is 0 Å². The highest BCUT2D eigenvalue weighted by atomic mass is 19.1. The van der Waals surface area contributed by atoms with Crippen molar-refractivity contribution in [3.05, 3.63) is 54.4 Å². The van der Waals surface area contributed by atoms with Gasteiger partial charge in [-0.25, -0.2) is 19.2 Å². The Morgan fingerprint density at radius 2 is 2.14 bits per heavy atom. The summed E-state index contributed by atoms with van der Waals surface area (Å²) in [7, 11) is 0. The first-order chi connectivity index (χ1) is 18.0. The highest BCUT2D eigenvalue weighted by molar-refractivity contribution is 5.80. The lowest BCUT2D eigenvalue weighted by Gasteiger charge is -2.61. The summed E-state index contributed by atoms with van der Waals surface area (Å²) in [5, 5.41) is 13.5. The minimum Gasteiger partial charge on any atom is -0.443 e. The molecular weight excluding hydrogens is 475 g/mol. The number of imidazole rings is 1. The molecule has 190 valence electrons. The van der Waals surface area contributed by atoms with Crippen LogP contribution in [0.2, 0.25) is 0 Å². The number of amides is 1. The molecule has 4 aromatic heterocycles. The van der Waals surface area contributed by atoms with Crippen LogP contribution in [-0.4, -0.2) is 53.5 Å². The van der Waals surface area contributed by atoms with Gasteiger partial charge in [-0.2, -0.15) is 5.10 Å². The number of H-pyrrole nitrogens is 1. The van der Waals surface area contributed by atoms with E-state index in [0.29, 0.717) is 30.3 Å². The van der Waals surface area contributed by atoms with Gasteiger partial charge in [0.15, 0.2) is 5.82 Å². The first-order valence-corrected chi connectivity index (χ1v) is 12.7. The molecule has 4 aromatic rings. The Hall–Kier alpha value is -4.02. The van der Waals surface area contributed by atoms with Crippen molar-refractivity contribution in [2.45, 2.75) is 62.8 Å². The first-order valence-electron chi connectivity index (χ1n) is 12.7. The van der Waals surface area contributed by atoms with Gasteiger partial charge < -0.3 is 15.4 Å². The zero-order valence-electron chi connectivity index (χ0n) is 20.3. The summed E-state index contributed by atoms with van der Waals surface area (Å²) in [6.45, 7) is 1.93.